The molecule has 0 spiro atoms. The molecule has 2 atom stereocenters. The van der Waals surface area contributed by atoms with Gasteiger partial charge in [-0.3, -0.25) is 4.79 Å². The molecule has 27 heavy (non-hydrogen) atoms. The van der Waals surface area contributed by atoms with Crippen LogP contribution in [0.5, 0.6) is 11.5 Å². The van der Waals surface area contributed by atoms with Gasteiger partial charge in [-0.05, 0) is 35.9 Å². The number of carbonyl (C=O) groups excluding carboxylic acids is 1. The van der Waals surface area contributed by atoms with Gasteiger partial charge >= 0.3 is 0 Å². The number of methoxy groups -OCH3 is 2. The van der Waals surface area contributed by atoms with E-state index in [1.807, 2.05) is 36.4 Å². The molecular formula is C22H27N2O3+. The molecule has 0 fully saturated rings. The van der Waals surface area contributed by atoms with Crippen molar-refractivity contribution in [3.05, 3.63) is 71.8 Å². The van der Waals surface area contributed by atoms with Crippen molar-refractivity contribution in [1.29, 1.82) is 0 Å². The van der Waals surface area contributed by atoms with E-state index < -0.39 is 0 Å². The highest BCUT2D eigenvalue weighted by Crippen LogP contribution is 2.34. The second-order valence-corrected chi connectivity index (χ2v) is 6.69. The molecule has 142 valence electrons. The molecule has 0 radical (unpaired) electrons. The average Bonchev–Trinajstić information content (AvgIpc) is 2.72. The molecule has 1 aliphatic heterocycles. The highest BCUT2D eigenvalue weighted by Gasteiger charge is 2.32. The van der Waals surface area contributed by atoms with Gasteiger partial charge in [-0.25, -0.2) is 0 Å². The lowest BCUT2D eigenvalue weighted by Gasteiger charge is -2.34. The van der Waals surface area contributed by atoms with Crippen molar-refractivity contribution in [3.63, 3.8) is 0 Å². The van der Waals surface area contributed by atoms with Gasteiger partial charge < -0.3 is 19.7 Å². The van der Waals surface area contributed by atoms with Crippen molar-refractivity contribution in [2.75, 3.05) is 33.9 Å². The van der Waals surface area contributed by atoms with Crippen LogP contribution in [0.3, 0.4) is 0 Å². The van der Waals surface area contributed by atoms with Crippen LogP contribution in [0.4, 0.5) is 0 Å². The van der Waals surface area contributed by atoms with Crippen LogP contribution in [0.2, 0.25) is 0 Å². The van der Waals surface area contributed by atoms with Crippen molar-refractivity contribution in [2.24, 2.45) is 0 Å². The van der Waals surface area contributed by atoms with Gasteiger partial charge in [0.05, 0.1) is 33.9 Å². The molecule has 5 heteroatoms. The molecule has 0 bridgehead atoms. The van der Waals surface area contributed by atoms with Crippen LogP contribution < -0.4 is 19.7 Å². The summed E-state index contributed by atoms with van der Waals surface area (Å²) in [5.41, 5.74) is 3.12. The molecule has 2 aromatic rings. The van der Waals surface area contributed by atoms with Crippen LogP contribution in [0.15, 0.2) is 55.1 Å². The van der Waals surface area contributed by atoms with Crippen LogP contribution in [-0.2, 0) is 6.42 Å². The van der Waals surface area contributed by atoms with E-state index >= 15 is 0 Å². The minimum absolute atomic E-state index is 0.0545. The van der Waals surface area contributed by atoms with E-state index in [1.165, 1.54) is 16.0 Å². The van der Waals surface area contributed by atoms with Gasteiger partial charge in [-0.15, -0.1) is 0 Å². The second kappa shape index (κ2) is 8.73. The molecule has 0 aromatic heterocycles. The fourth-order valence-corrected chi connectivity index (χ4v) is 3.74. The van der Waals surface area contributed by atoms with Crippen molar-refractivity contribution >= 4 is 5.91 Å². The first-order valence-electron chi connectivity index (χ1n) is 9.21. The van der Waals surface area contributed by atoms with E-state index in [4.69, 9.17) is 9.47 Å². The predicted molar refractivity (Wildman–Crippen MR) is 106 cm³/mol. The molecule has 1 amide bonds. The van der Waals surface area contributed by atoms with E-state index in [2.05, 4.69) is 24.0 Å². The first-order chi connectivity index (χ1) is 13.2. The first kappa shape index (κ1) is 19.0. The van der Waals surface area contributed by atoms with Crippen LogP contribution in [0.25, 0.3) is 0 Å². The number of benzene rings is 2. The summed E-state index contributed by atoms with van der Waals surface area (Å²) >= 11 is 0. The molecule has 2 N–H and O–H groups in total. The van der Waals surface area contributed by atoms with Gasteiger partial charge in [0.1, 0.15) is 6.04 Å². The molecule has 1 unspecified atom stereocenters. The Bertz CT molecular complexity index is 805. The van der Waals surface area contributed by atoms with Gasteiger partial charge in [-0.2, -0.15) is 0 Å². The summed E-state index contributed by atoms with van der Waals surface area (Å²) in [4.78, 5) is 13.9. The minimum atomic E-state index is -0.0545. The maximum atomic E-state index is 12.5. The largest absolute Gasteiger partial charge is 0.493 e. The third kappa shape index (κ3) is 4.14. The van der Waals surface area contributed by atoms with Gasteiger partial charge in [-0.1, -0.05) is 24.8 Å². The molecular weight excluding hydrogens is 340 g/mol. The number of hydrogen-bond acceptors (Lipinski definition) is 3. The number of amides is 1. The van der Waals surface area contributed by atoms with Crippen LogP contribution in [0, 0.1) is 0 Å². The monoisotopic (exact) mass is 367 g/mol. The number of quaternary nitrogens is 1. The van der Waals surface area contributed by atoms with Gasteiger partial charge in [0.25, 0.3) is 5.91 Å². The second-order valence-electron chi connectivity index (χ2n) is 6.69. The Morgan fingerprint density at radius 2 is 1.93 bits per heavy atom. The molecule has 2 aromatic carbocycles. The molecule has 1 heterocycles. The summed E-state index contributed by atoms with van der Waals surface area (Å²) in [5, 5.41) is 3.10. The first-order valence-corrected chi connectivity index (χ1v) is 9.21. The smallest absolute Gasteiger partial charge is 0.251 e. The van der Waals surface area contributed by atoms with Crippen LogP contribution >= 0.6 is 0 Å². The number of ether oxygens (including phenoxy) is 2. The highest BCUT2D eigenvalue weighted by atomic mass is 16.5. The lowest BCUT2D eigenvalue weighted by Crippen LogP contribution is -3.13. The number of rotatable bonds is 7. The fourth-order valence-electron chi connectivity index (χ4n) is 3.74. The molecule has 0 saturated heterocycles. The van der Waals surface area contributed by atoms with Crippen LogP contribution in [-0.4, -0.2) is 39.8 Å². The zero-order valence-electron chi connectivity index (χ0n) is 16.0. The van der Waals surface area contributed by atoms with E-state index in [-0.39, 0.29) is 11.9 Å². The van der Waals surface area contributed by atoms with Crippen LogP contribution in [0.1, 0.15) is 27.5 Å². The average molecular weight is 367 g/mol. The lowest BCUT2D eigenvalue weighted by molar-refractivity contribution is -0.927. The Morgan fingerprint density at radius 3 is 2.59 bits per heavy atom. The number of nitrogens with one attached hydrogen (secondary N) is 2. The van der Waals surface area contributed by atoms with Crippen molar-refractivity contribution in [1.82, 2.24) is 5.32 Å². The van der Waals surface area contributed by atoms with Crippen molar-refractivity contribution in [3.8, 4) is 11.5 Å². The van der Waals surface area contributed by atoms with Crippen molar-refractivity contribution in [2.45, 2.75) is 12.5 Å². The summed E-state index contributed by atoms with van der Waals surface area (Å²) in [7, 11) is 3.30. The quantitative estimate of drug-likeness (QED) is 0.734. The normalized spacial score (nSPS) is 18.3. The Morgan fingerprint density at radius 1 is 1.22 bits per heavy atom. The van der Waals surface area contributed by atoms with Crippen molar-refractivity contribution < 1.29 is 19.2 Å². The maximum absolute atomic E-state index is 12.5. The Balaban J connectivity index is 1.86. The minimum Gasteiger partial charge on any atom is -0.493 e. The third-order valence-electron chi connectivity index (χ3n) is 5.14. The van der Waals surface area contributed by atoms with E-state index in [9.17, 15) is 4.79 Å². The Labute approximate surface area is 160 Å². The Hall–Kier alpha value is -2.79. The number of hydrogen-bond donors (Lipinski definition) is 2. The maximum Gasteiger partial charge on any atom is 0.251 e. The lowest BCUT2D eigenvalue weighted by atomic mass is 9.91. The van der Waals surface area contributed by atoms with E-state index in [0.29, 0.717) is 12.1 Å². The summed E-state index contributed by atoms with van der Waals surface area (Å²) in [5.74, 6) is 1.41. The molecule has 3 rings (SSSR count). The highest BCUT2D eigenvalue weighted by molar-refractivity contribution is 5.94. The van der Waals surface area contributed by atoms with Gasteiger partial charge in [0, 0.05) is 17.5 Å². The van der Waals surface area contributed by atoms with Gasteiger partial charge in [0.2, 0.25) is 0 Å². The predicted octanol–water partition coefficient (Wildman–Crippen LogP) is 1.80. The number of fused-ring (bicyclic) bond motifs is 1. The standard InChI is InChI=1S/C22H26N2O3/c1-4-11-24-12-10-17-13-20(26-2)21(27-3)14-18(17)19(24)15-23-22(25)16-8-6-5-7-9-16/h4-9,13-14,19H,1,10-12,15H2,2-3H3,(H,23,25)/p+1/t19-/m0/s1. The number of carbonyl (C=O) groups is 1. The summed E-state index contributed by atoms with van der Waals surface area (Å²) in [6, 6.07) is 13.6. The Kier molecular flexibility index (Phi) is 6.14. The zero-order chi connectivity index (χ0) is 19.2. The molecule has 0 saturated carbocycles. The van der Waals surface area contributed by atoms with E-state index in [0.717, 1.165) is 31.0 Å². The fraction of sp³-hybridized carbons (Fsp3) is 0.318. The summed E-state index contributed by atoms with van der Waals surface area (Å²) < 4.78 is 10.9. The molecule has 5 nitrogen and oxygen atoms in total. The zero-order valence-corrected chi connectivity index (χ0v) is 16.0. The van der Waals surface area contributed by atoms with E-state index in [1.54, 1.807) is 14.2 Å². The van der Waals surface area contributed by atoms with Gasteiger partial charge in [0.15, 0.2) is 11.5 Å². The topological polar surface area (TPSA) is 52.0 Å². The molecule has 0 aliphatic carbocycles. The third-order valence-corrected chi connectivity index (χ3v) is 5.14. The SMILES string of the molecule is C=CC[NH+]1CCc2cc(OC)c(OC)cc2[C@@H]1CNC(=O)c1ccccc1. The molecule has 1 aliphatic rings. The summed E-state index contributed by atoms with van der Waals surface area (Å²) in [6.07, 6.45) is 2.90. The summed E-state index contributed by atoms with van der Waals surface area (Å²) in [6.45, 7) is 6.28.